The molecule has 1 N–H and O–H groups in total. The van der Waals surface area contributed by atoms with Crippen molar-refractivity contribution >= 4 is 0 Å². The van der Waals surface area contributed by atoms with Crippen LogP contribution in [0.15, 0.2) is 36.4 Å². The first-order valence-electron chi connectivity index (χ1n) is 6.01. The van der Waals surface area contributed by atoms with Crippen molar-refractivity contribution in [1.82, 2.24) is 4.57 Å². The van der Waals surface area contributed by atoms with Crippen LogP contribution < -0.4 is 0 Å². The number of nitrogens with zero attached hydrogens (tertiary/aromatic N) is 2. The molecule has 1 heterocycles. The minimum absolute atomic E-state index is 0.401. The first-order valence-corrected chi connectivity index (χ1v) is 6.01. The smallest absolute Gasteiger partial charge is 0.120 e. The van der Waals surface area contributed by atoms with Gasteiger partial charge in [-0.25, -0.2) is 0 Å². The summed E-state index contributed by atoms with van der Waals surface area (Å²) in [6.07, 6.45) is 0.310. The summed E-state index contributed by atoms with van der Waals surface area (Å²) in [6, 6.07) is 13.7. The summed E-state index contributed by atoms with van der Waals surface area (Å²) in [5.74, 6) is 0. The van der Waals surface area contributed by atoms with Crippen molar-refractivity contribution in [2.24, 2.45) is 7.05 Å². The van der Waals surface area contributed by atoms with Crippen molar-refractivity contribution in [2.45, 2.75) is 19.4 Å². The maximum Gasteiger partial charge on any atom is 0.120 e. The van der Waals surface area contributed by atoms with E-state index in [0.717, 1.165) is 16.8 Å². The summed E-state index contributed by atoms with van der Waals surface area (Å²) in [4.78, 5) is 0. The van der Waals surface area contributed by atoms with Gasteiger partial charge in [-0.3, -0.25) is 0 Å². The molecule has 3 heteroatoms. The summed E-state index contributed by atoms with van der Waals surface area (Å²) >= 11 is 0. The number of rotatable bonds is 3. The molecule has 0 radical (unpaired) electrons. The topological polar surface area (TPSA) is 48.9 Å². The average Bonchev–Trinajstić information content (AvgIpc) is 2.79. The van der Waals surface area contributed by atoms with Crippen molar-refractivity contribution in [1.29, 1.82) is 5.26 Å². The lowest BCUT2D eigenvalue weighted by atomic mass is 10.0. The fourth-order valence-electron chi connectivity index (χ4n) is 2.03. The SMILES string of the molecule is CC[C@@H](O)c1ccc(-c2ccc(C#N)n2C)cc1. The molecule has 0 amide bonds. The van der Waals surface area contributed by atoms with Crippen LogP contribution in [0.25, 0.3) is 11.3 Å². The Labute approximate surface area is 107 Å². The zero-order valence-electron chi connectivity index (χ0n) is 10.6. The Morgan fingerprint density at radius 1 is 1.22 bits per heavy atom. The fraction of sp³-hybridized carbons (Fsp3) is 0.267. The zero-order chi connectivity index (χ0) is 13.1. The van der Waals surface area contributed by atoms with Crippen LogP contribution in [0.3, 0.4) is 0 Å². The molecule has 0 fully saturated rings. The van der Waals surface area contributed by atoms with Crippen LogP contribution in [0.1, 0.15) is 30.7 Å². The summed E-state index contributed by atoms with van der Waals surface area (Å²) in [5, 5.41) is 18.7. The summed E-state index contributed by atoms with van der Waals surface area (Å²) in [7, 11) is 1.88. The van der Waals surface area contributed by atoms with E-state index in [0.29, 0.717) is 12.1 Å². The number of aliphatic hydroxyl groups is 1. The van der Waals surface area contributed by atoms with E-state index in [2.05, 4.69) is 6.07 Å². The molecule has 18 heavy (non-hydrogen) atoms. The van der Waals surface area contributed by atoms with E-state index in [9.17, 15) is 5.11 Å². The molecule has 1 aromatic carbocycles. The van der Waals surface area contributed by atoms with E-state index in [1.165, 1.54) is 0 Å². The van der Waals surface area contributed by atoms with Crippen LogP contribution >= 0.6 is 0 Å². The van der Waals surface area contributed by atoms with Crippen LogP contribution in [0.4, 0.5) is 0 Å². The number of aromatic nitrogens is 1. The third-order valence-electron chi connectivity index (χ3n) is 3.21. The van der Waals surface area contributed by atoms with Crippen LogP contribution in [0.2, 0.25) is 0 Å². The second-order valence-corrected chi connectivity index (χ2v) is 4.32. The molecule has 92 valence electrons. The highest BCUT2D eigenvalue weighted by molar-refractivity contribution is 5.62. The molecule has 2 rings (SSSR count). The lowest BCUT2D eigenvalue weighted by Crippen LogP contribution is -1.96. The Kier molecular flexibility index (Phi) is 3.50. The Bertz CT molecular complexity index is 576. The first-order chi connectivity index (χ1) is 8.67. The van der Waals surface area contributed by atoms with Crippen molar-refractivity contribution in [3.8, 4) is 17.3 Å². The minimum atomic E-state index is -0.401. The lowest BCUT2D eigenvalue weighted by molar-refractivity contribution is 0.173. The predicted molar refractivity (Wildman–Crippen MR) is 70.8 cm³/mol. The van der Waals surface area contributed by atoms with Crippen molar-refractivity contribution in [3.63, 3.8) is 0 Å². The molecule has 0 aliphatic heterocycles. The minimum Gasteiger partial charge on any atom is -0.388 e. The van der Waals surface area contributed by atoms with E-state index in [-0.39, 0.29) is 0 Å². The number of hydrogen-bond acceptors (Lipinski definition) is 2. The lowest BCUT2D eigenvalue weighted by Gasteiger charge is -2.09. The van der Waals surface area contributed by atoms with E-state index in [1.54, 1.807) is 0 Å². The summed E-state index contributed by atoms with van der Waals surface area (Å²) in [5.41, 5.74) is 3.62. The molecular formula is C15H16N2O. The van der Waals surface area contributed by atoms with E-state index >= 15 is 0 Å². The Morgan fingerprint density at radius 2 is 1.89 bits per heavy atom. The van der Waals surface area contributed by atoms with Gasteiger partial charge >= 0.3 is 0 Å². The van der Waals surface area contributed by atoms with Gasteiger partial charge in [0.2, 0.25) is 0 Å². The maximum atomic E-state index is 9.74. The third kappa shape index (κ3) is 2.15. The first kappa shape index (κ1) is 12.4. The van der Waals surface area contributed by atoms with Crippen LogP contribution in [0, 0.1) is 11.3 Å². The number of aliphatic hydroxyl groups excluding tert-OH is 1. The molecule has 0 saturated heterocycles. The monoisotopic (exact) mass is 240 g/mol. The Hall–Kier alpha value is -2.05. The van der Waals surface area contributed by atoms with Crippen molar-refractivity contribution in [2.75, 3.05) is 0 Å². The van der Waals surface area contributed by atoms with Gasteiger partial charge in [0.1, 0.15) is 11.8 Å². The Balaban J connectivity index is 2.35. The predicted octanol–water partition coefficient (Wildman–Crippen LogP) is 3.01. The molecule has 3 nitrogen and oxygen atoms in total. The maximum absolute atomic E-state index is 9.74. The molecule has 0 bridgehead atoms. The van der Waals surface area contributed by atoms with Gasteiger partial charge in [-0.05, 0) is 29.7 Å². The molecule has 2 aromatic rings. The fourth-order valence-corrected chi connectivity index (χ4v) is 2.03. The van der Waals surface area contributed by atoms with Gasteiger partial charge in [-0.2, -0.15) is 5.26 Å². The zero-order valence-corrected chi connectivity index (χ0v) is 10.6. The number of nitriles is 1. The Morgan fingerprint density at radius 3 is 2.39 bits per heavy atom. The molecule has 0 unspecified atom stereocenters. The summed E-state index contributed by atoms with van der Waals surface area (Å²) < 4.78 is 1.87. The summed E-state index contributed by atoms with van der Waals surface area (Å²) in [6.45, 7) is 1.95. The number of hydrogen-bond donors (Lipinski definition) is 1. The van der Waals surface area contributed by atoms with E-state index < -0.39 is 6.10 Å². The average molecular weight is 240 g/mol. The van der Waals surface area contributed by atoms with Crippen LogP contribution in [-0.2, 0) is 7.05 Å². The van der Waals surface area contributed by atoms with Crippen LogP contribution in [-0.4, -0.2) is 9.67 Å². The molecule has 0 aliphatic carbocycles. The van der Waals surface area contributed by atoms with E-state index in [1.807, 2.05) is 54.9 Å². The van der Waals surface area contributed by atoms with Crippen molar-refractivity contribution < 1.29 is 5.11 Å². The van der Waals surface area contributed by atoms with E-state index in [4.69, 9.17) is 5.26 Å². The van der Waals surface area contributed by atoms with Gasteiger partial charge in [0.15, 0.2) is 0 Å². The van der Waals surface area contributed by atoms with Gasteiger partial charge in [-0.1, -0.05) is 31.2 Å². The molecular weight excluding hydrogens is 224 g/mol. The van der Waals surface area contributed by atoms with Crippen LogP contribution in [0.5, 0.6) is 0 Å². The second kappa shape index (κ2) is 5.07. The van der Waals surface area contributed by atoms with Gasteiger partial charge in [0.25, 0.3) is 0 Å². The highest BCUT2D eigenvalue weighted by Crippen LogP contribution is 2.24. The standard InChI is InChI=1S/C15H16N2O/c1-3-15(18)12-6-4-11(5-7-12)14-9-8-13(10-16)17(14)2/h4-9,15,18H,3H2,1-2H3/t15-/m1/s1. The van der Waals surface area contributed by atoms with Gasteiger partial charge in [0.05, 0.1) is 6.10 Å². The van der Waals surface area contributed by atoms with Crippen molar-refractivity contribution in [3.05, 3.63) is 47.7 Å². The molecule has 1 aromatic heterocycles. The molecule has 0 aliphatic rings. The highest BCUT2D eigenvalue weighted by Gasteiger charge is 2.08. The third-order valence-corrected chi connectivity index (χ3v) is 3.21. The highest BCUT2D eigenvalue weighted by atomic mass is 16.3. The van der Waals surface area contributed by atoms with Gasteiger partial charge in [0, 0.05) is 12.7 Å². The molecule has 0 spiro atoms. The normalized spacial score (nSPS) is 12.1. The molecule has 0 saturated carbocycles. The van der Waals surface area contributed by atoms with Gasteiger partial charge in [-0.15, -0.1) is 0 Å². The van der Waals surface area contributed by atoms with Gasteiger partial charge < -0.3 is 9.67 Å². The largest absolute Gasteiger partial charge is 0.388 e. The molecule has 1 atom stereocenters. The number of benzene rings is 1. The quantitative estimate of drug-likeness (QED) is 0.896. The second-order valence-electron chi connectivity index (χ2n) is 4.32.